The summed E-state index contributed by atoms with van der Waals surface area (Å²) in [4.78, 5) is 13.3. The molecule has 4 aliphatic rings. The molecule has 0 aliphatic carbocycles. The monoisotopic (exact) mass is 1230 g/mol. The van der Waals surface area contributed by atoms with Gasteiger partial charge in [0.25, 0.3) is 0 Å². The minimum absolute atomic E-state index is 0.0514. The zero-order valence-corrected chi connectivity index (χ0v) is 52.3. The Bertz CT molecular complexity index is 2970. The van der Waals surface area contributed by atoms with Crippen molar-refractivity contribution < 1.29 is 76.2 Å². The topological polar surface area (TPSA) is 179 Å². The van der Waals surface area contributed by atoms with Crippen molar-refractivity contribution in [3.05, 3.63) is 215 Å². The normalized spacial score (nSPS) is 28.6. The van der Waals surface area contributed by atoms with Gasteiger partial charge in [-0.15, -0.1) is 0 Å². The standard InChI is InChI=1S/C70H87NO16Si/c1-48(73)71-58-62-61(86-70(2,3)87-62)55(39-72)81-67(58)84-59-57(47-75-41-50-27-15-8-16-28-50)83-69(66(80-45-54-35-23-12-24-36-54)64(59)78-43-52-31-19-10-20-32-52)85-60-56(46-74-40-49-25-13-7-14-26-49)82-68(76-37-38-88(4,5)6)65(79-44-53-33-21-11-22-34-53)63(60)77-42-51-29-17-9-18-30-51/h7-36,55-69,72H,37-47H2,1-6H3,(H,71,73)/t55-,56-,57-,58-,59+,60-,61+,62-,63+,64+,65-,66-,67+,68-,69+/m1/s1. The lowest BCUT2D eigenvalue weighted by Crippen LogP contribution is -2.69. The average Bonchev–Trinajstić information content (AvgIpc) is 2.50. The van der Waals surface area contributed by atoms with Gasteiger partial charge in [0.05, 0.1) is 59.5 Å². The number of hydrogen-bond acceptors (Lipinski definition) is 16. The molecule has 17 nitrogen and oxygen atoms in total. The predicted molar refractivity (Wildman–Crippen MR) is 331 cm³/mol. The molecule has 0 spiro atoms. The largest absolute Gasteiger partial charge is 0.394 e. The fourth-order valence-electron chi connectivity index (χ4n) is 11.4. The molecule has 0 bridgehead atoms. The molecule has 2 N–H and O–H groups in total. The third-order valence-corrected chi connectivity index (χ3v) is 17.6. The Kier molecular flexibility index (Phi) is 23.7. The molecule has 0 saturated carbocycles. The lowest BCUT2D eigenvalue weighted by atomic mass is 9.94. The minimum Gasteiger partial charge on any atom is -0.394 e. The number of benzene rings is 6. The van der Waals surface area contributed by atoms with Crippen molar-refractivity contribution in [1.29, 1.82) is 0 Å². The van der Waals surface area contributed by atoms with Gasteiger partial charge in [0.2, 0.25) is 5.91 Å². The molecule has 4 aliphatic heterocycles. The highest BCUT2D eigenvalue weighted by Gasteiger charge is 2.59. The van der Waals surface area contributed by atoms with E-state index in [1.807, 2.05) is 182 Å². The van der Waals surface area contributed by atoms with Gasteiger partial charge in [-0.3, -0.25) is 4.79 Å². The van der Waals surface area contributed by atoms with Gasteiger partial charge in [-0.2, -0.15) is 0 Å². The quantitative estimate of drug-likeness (QED) is 0.0407. The van der Waals surface area contributed by atoms with E-state index in [0.29, 0.717) is 6.61 Å². The summed E-state index contributed by atoms with van der Waals surface area (Å²) in [7, 11) is -1.60. The average molecular weight is 1230 g/mol. The van der Waals surface area contributed by atoms with Crippen molar-refractivity contribution in [3.8, 4) is 0 Å². The highest BCUT2D eigenvalue weighted by molar-refractivity contribution is 6.76. The number of aliphatic hydroxyl groups is 1. The van der Waals surface area contributed by atoms with Crippen LogP contribution in [-0.4, -0.2) is 143 Å². The van der Waals surface area contributed by atoms with E-state index in [1.54, 1.807) is 13.8 Å². The highest BCUT2D eigenvalue weighted by atomic mass is 28.3. The number of carbonyl (C=O) groups excluding carboxylic acids is 1. The Balaban J connectivity index is 1.09. The summed E-state index contributed by atoms with van der Waals surface area (Å²) in [5.41, 5.74) is 5.54. The molecule has 4 saturated heterocycles. The molecule has 472 valence electrons. The van der Waals surface area contributed by atoms with Crippen molar-refractivity contribution >= 4 is 14.0 Å². The summed E-state index contributed by atoms with van der Waals surface area (Å²) in [6, 6.07) is 59.4. The first-order valence-corrected chi connectivity index (χ1v) is 34.4. The highest BCUT2D eigenvalue weighted by Crippen LogP contribution is 2.41. The van der Waals surface area contributed by atoms with E-state index in [2.05, 4.69) is 25.0 Å². The molecule has 4 fully saturated rings. The van der Waals surface area contributed by atoms with Crippen LogP contribution in [0.5, 0.6) is 0 Å². The summed E-state index contributed by atoms with van der Waals surface area (Å²) < 4.78 is 98.2. The number of amides is 1. The van der Waals surface area contributed by atoms with Crippen LogP contribution in [0, 0.1) is 0 Å². The first-order chi connectivity index (χ1) is 42.8. The van der Waals surface area contributed by atoms with E-state index >= 15 is 0 Å². The van der Waals surface area contributed by atoms with Crippen LogP contribution in [0.2, 0.25) is 25.7 Å². The lowest BCUT2D eigenvalue weighted by Gasteiger charge is -2.51. The molecule has 6 aromatic rings. The van der Waals surface area contributed by atoms with E-state index in [1.165, 1.54) is 6.92 Å². The molecular formula is C70H87NO16Si. The SMILES string of the molecule is CC(=O)N[C@H]1[C@H](O[C@@H]2[C@H](OCc3ccccc3)[C@@H](OCc3ccccc3)[C@H](O[C@H]3[C@H](OCc4ccccc4)[C@@H](OCc4ccccc4)[C@H](OCC[Si](C)(C)C)O[C@@H]3COCc3ccccc3)O[C@@H]2COCc2ccccc2)O[C@H](CO)[C@@H]2OC(C)(C)O[C@H]12. The number of ether oxygens (including phenoxy) is 14. The van der Waals surface area contributed by atoms with E-state index in [4.69, 9.17) is 66.3 Å². The molecular weight excluding hydrogens is 1140 g/mol. The molecule has 4 heterocycles. The van der Waals surface area contributed by atoms with Gasteiger partial charge in [0.1, 0.15) is 73.2 Å². The number of rotatable bonds is 30. The maximum atomic E-state index is 13.3. The second kappa shape index (κ2) is 31.9. The van der Waals surface area contributed by atoms with Crippen LogP contribution < -0.4 is 5.32 Å². The molecule has 88 heavy (non-hydrogen) atoms. The third kappa shape index (κ3) is 18.5. The fourth-order valence-corrected chi connectivity index (χ4v) is 12.2. The van der Waals surface area contributed by atoms with Crippen molar-refractivity contribution in [2.45, 2.75) is 184 Å². The fraction of sp³-hybridized carbons (Fsp3) is 0.471. The molecule has 6 aromatic carbocycles. The number of aliphatic hydroxyl groups excluding tert-OH is 1. The van der Waals surface area contributed by atoms with Crippen molar-refractivity contribution in [2.75, 3.05) is 26.4 Å². The Labute approximate surface area is 519 Å². The minimum atomic E-state index is -1.60. The van der Waals surface area contributed by atoms with Gasteiger partial charge >= 0.3 is 0 Å². The Morgan fingerprint density at radius 2 is 0.807 bits per heavy atom. The number of hydrogen-bond donors (Lipinski definition) is 2. The lowest BCUT2D eigenvalue weighted by molar-refractivity contribution is -0.386. The van der Waals surface area contributed by atoms with Crippen LogP contribution in [0.1, 0.15) is 54.2 Å². The van der Waals surface area contributed by atoms with Gasteiger partial charge < -0.3 is 76.7 Å². The second-order valence-electron chi connectivity index (χ2n) is 24.5. The van der Waals surface area contributed by atoms with Crippen LogP contribution >= 0.6 is 0 Å². The number of carbonyl (C=O) groups is 1. The zero-order valence-electron chi connectivity index (χ0n) is 51.3. The number of fused-ring (bicyclic) bond motifs is 1. The predicted octanol–water partition coefficient (Wildman–Crippen LogP) is 10.1. The summed E-state index contributed by atoms with van der Waals surface area (Å²) >= 11 is 0. The first kappa shape index (κ1) is 65.4. The van der Waals surface area contributed by atoms with E-state index in [9.17, 15) is 9.90 Å². The zero-order chi connectivity index (χ0) is 61.3. The summed E-state index contributed by atoms with van der Waals surface area (Å²) in [5.74, 6) is -1.44. The molecule has 0 aromatic heterocycles. The van der Waals surface area contributed by atoms with E-state index in [-0.39, 0.29) is 58.8 Å². The van der Waals surface area contributed by atoms with E-state index < -0.39 is 113 Å². The van der Waals surface area contributed by atoms with Crippen LogP contribution in [0.4, 0.5) is 0 Å². The van der Waals surface area contributed by atoms with Crippen LogP contribution in [-0.2, 0) is 111 Å². The molecule has 15 atom stereocenters. The molecule has 10 rings (SSSR count). The second-order valence-corrected chi connectivity index (χ2v) is 30.2. The van der Waals surface area contributed by atoms with Gasteiger partial charge in [-0.1, -0.05) is 202 Å². The Morgan fingerprint density at radius 1 is 0.455 bits per heavy atom. The maximum absolute atomic E-state index is 13.3. The number of nitrogens with one attached hydrogen (secondary N) is 1. The molecule has 0 unspecified atom stereocenters. The summed E-state index contributed by atoms with van der Waals surface area (Å²) in [6.45, 7) is 13.0. The summed E-state index contributed by atoms with van der Waals surface area (Å²) in [6.07, 6.45) is -13.7. The van der Waals surface area contributed by atoms with Gasteiger partial charge in [0.15, 0.2) is 24.7 Å². The third-order valence-electron chi connectivity index (χ3n) is 15.9. The maximum Gasteiger partial charge on any atom is 0.217 e. The summed E-state index contributed by atoms with van der Waals surface area (Å²) in [5, 5.41) is 14.0. The van der Waals surface area contributed by atoms with E-state index in [0.717, 1.165) is 39.4 Å². The van der Waals surface area contributed by atoms with Crippen molar-refractivity contribution in [1.82, 2.24) is 5.32 Å². The van der Waals surface area contributed by atoms with Crippen LogP contribution in [0.15, 0.2) is 182 Å². The Morgan fingerprint density at radius 3 is 1.20 bits per heavy atom. The van der Waals surface area contributed by atoms with Gasteiger partial charge in [-0.25, -0.2) is 0 Å². The van der Waals surface area contributed by atoms with Gasteiger partial charge in [0, 0.05) is 21.6 Å². The Hall–Kier alpha value is -5.59. The molecule has 1 amide bonds. The van der Waals surface area contributed by atoms with Crippen molar-refractivity contribution in [2.24, 2.45) is 0 Å². The van der Waals surface area contributed by atoms with Crippen LogP contribution in [0.25, 0.3) is 0 Å². The van der Waals surface area contributed by atoms with Gasteiger partial charge in [-0.05, 0) is 53.3 Å². The molecule has 0 radical (unpaired) electrons. The van der Waals surface area contributed by atoms with Crippen LogP contribution in [0.3, 0.4) is 0 Å². The smallest absolute Gasteiger partial charge is 0.217 e. The van der Waals surface area contributed by atoms with Crippen molar-refractivity contribution in [3.63, 3.8) is 0 Å². The molecule has 18 heteroatoms. The first-order valence-electron chi connectivity index (χ1n) is 30.7.